The van der Waals surface area contributed by atoms with E-state index in [-0.39, 0.29) is 24.0 Å². The first-order chi connectivity index (χ1) is 11.7. The number of methoxy groups -OCH3 is 1. The molecule has 0 spiro atoms. The number of hydrogen-bond acceptors (Lipinski definition) is 3. The van der Waals surface area contributed by atoms with Crippen LogP contribution in [0, 0.1) is 0 Å². The maximum Gasteiger partial charge on any atom is 0.193 e. The molecule has 0 radical (unpaired) electrons. The van der Waals surface area contributed by atoms with Crippen molar-refractivity contribution in [2.75, 3.05) is 19.0 Å². The lowest BCUT2D eigenvalue weighted by Gasteiger charge is -2.11. The zero-order valence-electron chi connectivity index (χ0n) is 14.7. The Balaban J connectivity index is 0.00000312. The Morgan fingerprint density at radius 3 is 2.40 bits per heavy atom. The molecule has 0 aliphatic heterocycles. The van der Waals surface area contributed by atoms with Crippen molar-refractivity contribution in [3.8, 4) is 0 Å². The quantitative estimate of drug-likeness (QED) is 0.360. The fourth-order valence-corrected chi connectivity index (χ4v) is 2.24. The van der Waals surface area contributed by atoms with E-state index in [1.807, 2.05) is 43.3 Å². The van der Waals surface area contributed by atoms with Gasteiger partial charge in [-0.2, -0.15) is 0 Å². The normalized spacial score (nSPS) is 11.0. The van der Waals surface area contributed by atoms with Crippen LogP contribution in [0.5, 0.6) is 0 Å². The molecule has 0 amide bonds. The van der Waals surface area contributed by atoms with Crippen molar-refractivity contribution in [3.63, 3.8) is 0 Å². The molecule has 0 aromatic heterocycles. The van der Waals surface area contributed by atoms with Crippen molar-refractivity contribution in [3.05, 3.63) is 65.2 Å². The highest BCUT2D eigenvalue weighted by Crippen LogP contribution is 2.15. The molecule has 0 aliphatic rings. The Morgan fingerprint density at radius 1 is 1.04 bits per heavy atom. The van der Waals surface area contributed by atoms with E-state index in [4.69, 9.17) is 15.2 Å². The van der Waals surface area contributed by atoms with Gasteiger partial charge in [0.25, 0.3) is 0 Å². The van der Waals surface area contributed by atoms with Crippen molar-refractivity contribution in [2.24, 2.45) is 10.7 Å². The van der Waals surface area contributed by atoms with Gasteiger partial charge in [0.05, 0.1) is 19.8 Å². The summed E-state index contributed by atoms with van der Waals surface area (Å²) in [5.41, 5.74) is 10.2. The van der Waals surface area contributed by atoms with E-state index < -0.39 is 0 Å². The third-order valence-corrected chi connectivity index (χ3v) is 3.51. The van der Waals surface area contributed by atoms with Crippen LogP contribution >= 0.6 is 24.0 Å². The summed E-state index contributed by atoms with van der Waals surface area (Å²) in [4.78, 5) is 4.39. The lowest BCUT2D eigenvalue weighted by Crippen LogP contribution is -2.23. The van der Waals surface area contributed by atoms with Crippen LogP contribution < -0.4 is 11.1 Å². The van der Waals surface area contributed by atoms with E-state index in [9.17, 15) is 0 Å². The molecule has 5 nitrogen and oxygen atoms in total. The predicted octanol–water partition coefficient (Wildman–Crippen LogP) is 3.91. The second kappa shape index (κ2) is 11.8. The Kier molecular flexibility index (Phi) is 10.1. The zero-order chi connectivity index (χ0) is 17.2. The van der Waals surface area contributed by atoms with Crippen molar-refractivity contribution in [1.29, 1.82) is 0 Å². The molecule has 0 bridgehead atoms. The minimum Gasteiger partial charge on any atom is -0.380 e. The minimum absolute atomic E-state index is 0. The molecule has 25 heavy (non-hydrogen) atoms. The summed E-state index contributed by atoms with van der Waals surface area (Å²) in [6.07, 6.45) is 0. The van der Waals surface area contributed by atoms with Crippen LogP contribution in [0.2, 0.25) is 0 Å². The number of para-hydroxylation sites is 1. The standard InChI is InChI=1S/C19H25N3O2.HI/c1-3-24-13-16-10-8-15(9-11-16)12-21-19(20)22-18-7-5-4-6-17(18)14-23-2;/h4-11H,3,12-14H2,1-2H3,(H3,20,21,22);1H. The number of ether oxygens (including phenoxy) is 2. The topological polar surface area (TPSA) is 68.9 Å². The number of aliphatic imine (C=N–C) groups is 1. The van der Waals surface area contributed by atoms with E-state index in [1.165, 1.54) is 0 Å². The molecule has 0 aliphatic carbocycles. The average Bonchev–Trinajstić information content (AvgIpc) is 2.61. The van der Waals surface area contributed by atoms with Gasteiger partial charge in [0, 0.05) is 25.0 Å². The second-order valence-corrected chi connectivity index (χ2v) is 5.37. The number of anilines is 1. The maximum absolute atomic E-state index is 5.99. The van der Waals surface area contributed by atoms with Gasteiger partial charge in [-0.05, 0) is 24.1 Å². The summed E-state index contributed by atoms with van der Waals surface area (Å²) >= 11 is 0. The number of nitrogens with one attached hydrogen (secondary N) is 1. The molecule has 2 aromatic rings. The molecular weight excluding hydrogens is 429 g/mol. The first kappa shape index (κ1) is 21.4. The summed E-state index contributed by atoms with van der Waals surface area (Å²) in [5, 5.41) is 3.13. The maximum atomic E-state index is 5.99. The minimum atomic E-state index is 0. The first-order valence-electron chi connectivity index (χ1n) is 8.02. The van der Waals surface area contributed by atoms with Gasteiger partial charge in [0.1, 0.15) is 0 Å². The number of halogens is 1. The van der Waals surface area contributed by atoms with Gasteiger partial charge in [0.2, 0.25) is 0 Å². The molecule has 0 heterocycles. The van der Waals surface area contributed by atoms with Crippen LogP contribution in [0.1, 0.15) is 23.6 Å². The number of guanidine groups is 1. The Hall–Kier alpha value is -1.64. The summed E-state index contributed by atoms with van der Waals surface area (Å²) in [6.45, 7) is 4.40. The van der Waals surface area contributed by atoms with Crippen molar-refractivity contribution in [1.82, 2.24) is 0 Å². The van der Waals surface area contributed by atoms with Gasteiger partial charge in [-0.1, -0.05) is 42.5 Å². The lowest BCUT2D eigenvalue weighted by atomic mass is 10.1. The van der Waals surface area contributed by atoms with Gasteiger partial charge < -0.3 is 20.5 Å². The largest absolute Gasteiger partial charge is 0.380 e. The monoisotopic (exact) mass is 455 g/mol. The molecule has 0 unspecified atom stereocenters. The van der Waals surface area contributed by atoms with Crippen LogP contribution in [0.25, 0.3) is 0 Å². The summed E-state index contributed by atoms with van der Waals surface area (Å²) in [5.74, 6) is 0.386. The molecule has 0 fully saturated rings. The molecule has 3 N–H and O–H groups in total. The first-order valence-corrected chi connectivity index (χ1v) is 8.02. The fraction of sp³-hybridized carbons (Fsp3) is 0.316. The zero-order valence-corrected chi connectivity index (χ0v) is 17.0. The number of nitrogens with zero attached hydrogens (tertiary/aromatic N) is 1. The lowest BCUT2D eigenvalue weighted by molar-refractivity contribution is 0.134. The summed E-state index contributed by atoms with van der Waals surface area (Å²) in [6, 6.07) is 16.1. The van der Waals surface area contributed by atoms with Crippen LogP contribution in [0.4, 0.5) is 5.69 Å². The van der Waals surface area contributed by atoms with E-state index >= 15 is 0 Å². The number of hydrogen-bond donors (Lipinski definition) is 2. The predicted molar refractivity (Wildman–Crippen MR) is 113 cm³/mol. The summed E-state index contributed by atoms with van der Waals surface area (Å²) in [7, 11) is 1.67. The van der Waals surface area contributed by atoms with Gasteiger partial charge in [-0.3, -0.25) is 0 Å². The van der Waals surface area contributed by atoms with Crippen LogP contribution in [0.3, 0.4) is 0 Å². The number of rotatable bonds is 8. The Morgan fingerprint density at radius 2 is 1.72 bits per heavy atom. The van der Waals surface area contributed by atoms with Crippen LogP contribution in [0.15, 0.2) is 53.5 Å². The fourth-order valence-electron chi connectivity index (χ4n) is 2.24. The average molecular weight is 455 g/mol. The van der Waals surface area contributed by atoms with Crippen molar-refractivity contribution >= 4 is 35.6 Å². The summed E-state index contributed by atoms with van der Waals surface area (Å²) < 4.78 is 10.6. The van der Waals surface area contributed by atoms with Gasteiger partial charge >= 0.3 is 0 Å². The van der Waals surface area contributed by atoms with E-state index in [1.54, 1.807) is 7.11 Å². The third-order valence-electron chi connectivity index (χ3n) is 3.51. The van der Waals surface area contributed by atoms with Gasteiger partial charge in [-0.25, -0.2) is 4.99 Å². The van der Waals surface area contributed by atoms with Gasteiger partial charge in [-0.15, -0.1) is 24.0 Å². The molecule has 2 rings (SSSR count). The van der Waals surface area contributed by atoms with E-state index in [0.717, 1.165) is 29.0 Å². The van der Waals surface area contributed by atoms with E-state index in [0.29, 0.717) is 25.7 Å². The molecule has 2 aromatic carbocycles. The molecule has 136 valence electrons. The highest BCUT2D eigenvalue weighted by Gasteiger charge is 2.02. The number of nitrogens with two attached hydrogens (primary N) is 1. The van der Waals surface area contributed by atoms with Crippen LogP contribution in [-0.2, 0) is 29.2 Å². The molecule has 6 heteroatoms. The van der Waals surface area contributed by atoms with Crippen molar-refractivity contribution in [2.45, 2.75) is 26.7 Å². The molecule has 0 saturated carbocycles. The van der Waals surface area contributed by atoms with Crippen molar-refractivity contribution < 1.29 is 9.47 Å². The van der Waals surface area contributed by atoms with Gasteiger partial charge in [0.15, 0.2) is 5.96 Å². The Bertz CT molecular complexity index is 660. The van der Waals surface area contributed by atoms with Crippen LogP contribution in [-0.4, -0.2) is 19.7 Å². The molecule has 0 saturated heterocycles. The third kappa shape index (κ3) is 7.41. The molecule has 0 atom stereocenters. The Labute approximate surface area is 166 Å². The highest BCUT2D eigenvalue weighted by atomic mass is 127. The van der Waals surface area contributed by atoms with E-state index in [2.05, 4.69) is 22.4 Å². The smallest absolute Gasteiger partial charge is 0.193 e. The second-order valence-electron chi connectivity index (χ2n) is 5.37. The SMILES string of the molecule is CCOCc1ccc(CN=C(N)Nc2ccccc2COC)cc1.I. The highest BCUT2D eigenvalue weighted by molar-refractivity contribution is 14.0. The number of benzene rings is 2. The molecular formula is C19H26IN3O2.